The van der Waals surface area contributed by atoms with Crippen molar-refractivity contribution in [1.82, 2.24) is 9.21 Å². The minimum Gasteiger partial charge on any atom is -0.507 e. The summed E-state index contributed by atoms with van der Waals surface area (Å²) in [6.45, 7) is 1.23. The fraction of sp³-hybridized carbons (Fsp3) is 0.533. The summed E-state index contributed by atoms with van der Waals surface area (Å²) in [5.41, 5.74) is -0.0880. The summed E-state index contributed by atoms with van der Waals surface area (Å²) in [6.07, 6.45) is 1.99. The molecule has 1 amide bonds. The molecule has 6 nitrogen and oxygen atoms in total. The Bertz CT molecular complexity index is 722. The summed E-state index contributed by atoms with van der Waals surface area (Å²) in [4.78, 5) is 14.0. The van der Waals surface area contributed by atoms with Crippen LogP contribution < -0.4 is 0 Å². The van der Waals surface area contributed by atoms with Crippen LogP contribution in [-0.2, 0) is 10.0 Å². The Hall–Kier alpha value is -1.67. The summed E-state index contributed by atoms with van der Waals surface area (Å²) in [5.74, 6) is -1.18. The lowest BCUT2D eigenvalue weighted by molar-refractivity contribution is 0.0655. The maximum atomic E-state index is 13.3. The van der Waals surface area contributed by atoms with Gasteiger partial charge in [0, 0.05) is 25.7 Å². The van der Waals surface area contributed by atoms with Crippen LogP contribution in [0.15, 0.2) is 18.2 Å². The molecule has 8 heteroatoms. The van der Waals surface area contributed by atoms with Crippen molar-refractivity contribution in [3.05, 3.63) is 29.6 Å². The summed E-state index contributed by atoms with van der Waals surface area (Å²) in [7, 11) is -3.23. The van der Waals surface area contributed by atoms with Crippen LogP contribution >= 0.6 is 0 Å². The van der Waals surface area contributed by atoms with Gasteiger partial charge in [-0.05, 0) is 37.5 Å². The van der Waals surface area contributed by atoms with Gasteiger partial charge in [-0.25, -0.2) is 12.8 Å². The third-order valence-corrected chi connectivity index (χ3v) is 6.42. The first-order chi connectivity index (χ1) is 10.9. The third-order valence-electron chi connectivity index (χ3n) is 4.42. The first kappa shape index (κ1) is 16.2. The van der Waals surface area contributed by atoms with Gasteiger partial charge in [-0.2, -0.15) is 4.31 Å². The van der Waals surface area contributed by atoms with Gasteiger partial charge in [-0.15, -0.1) is 0 Å². The predicted molar refractivity (Wildman–Crippen MR) is 82.1 cm³/mol. The van der Waals surface area contributed by atoms with Crippen molar-refractivity contribution < 1.29 is 22.7 Å². The molecule has 23 heavy (non-hydrogen) atoms. The molecule has 0 unspecified atom stereocenters. The molecule has 2 aliphatic heterocycles. The van der Waals surface area contributed by atoms with E-state index in [1.807, 2.05) is 0 Å². The molecule has 2 heterocycles. The molecule has 126 valence electrons. The average Bonchev–Trinajstić information content (AvgIpc) is 2.88. The van der Waals surface area contributed by atoms with Crippen LogP contribution in [0.2, 0.25) is 0 Å². The lowest BCUT2D eigenvalue weighted by Crippen LogP contribution is -2.50. The number of carbonyl (C=O) groups excluding carboxylic acids is 1. The van der Waals surface area contributed by atoms with Gasteiger partial charge in [-0.3, -0.25) is 4.79 Å². The van der Waals surface area contributed by atoms with Crippen molar-refractivity contribution in [2.45, 2.75) is 25.3 Å². The summed E-state index contributed by atoms with van der Waals surface area (Å²) >= 11 is 0. The highest BCUT2D eigenvalue weighted by molar-refractivity contribution is 7.89. The van der Waals surface area contributed by atoms with E-state index in [9.17, 15) is 22.7 Å². The number of phenols is 1. The zero-order valence-electron chi connectivity index (χ0n) is 12.6. The van der Waals surface area contributed by atoms with Gasteiger partial charge >= 0.3 is 0 Å². The average molecular weight is 342 g/mol. The summed E-state index contributed by atoms with van der Waals surface area (Å²) < 4.78 is 38.9. The number of aromatic hydroxyl groups is 1. The van der Waals surface area contributed by atoms with E-state index in [4.69, 9.17) is 0 Å². The van der Waals surface area contributed by atoms with Crippen molar-refractivity contribution in [2.75, 3.05) is 25.4 Å². The molecule has 1 atom stereocenters. The molecule has 1 N–H and O–H groups in total. The fourth-order valence-corrected chi connectivity index (χ4v) is 5.05. The maximum Gasteiger partial charge on any atom is 0.257 e. The number of carbonyl (C=O) groups is 1. The van der Waals surface area contributed by atoms with Gasteiger partial charge in [0.25, 0.3) is 5.91 Å². The second-order valence-corrected chi connectivity index (χ2v) is 8.03. The second-order valence-electron chi connectivity index (χ2n) is 5.99. The van der Waals surface area contributed by atoms with Crippen molar-refractivity contribution in [2.24, 2.45) is 0 Å². The molecule has 0 bridgehead atoms. The Labute approximate surface area is 134 Å². The Morgan fingerprint density at radius 1 is 1.26 bits per heavy atom. The van der Waals surface area contributed by atoms with E-state index in [-0.39, 0.29) is 29.7 Å². The Morgan fingerprint density at radius 2 is 2.04 bits per heavy atom. The summed E-state index contributed by atoms with van der Waals surface area (Å²) in [6, 6.07) is 3.00. The van der Waals surface area contributed by atoms with Crippen LogP contribution in [0.4, 0.5) is 4.39 Å². The van der Waals surface area contributed by atoms with E-state index in [0.717, 1.165) is 18.2 Å². The molecule has 2 saturated heterocycles. The van der Waals surface area contributed by atoms with Crippen LogP contribution in [0.3, 0.4) is 0 Å². The van der Waals surface area contributed by atoms with Gasteiger partial charge in [0.05, 0.1) is 11.3 Å². The highest BCUT2D eigenvalue weighted by atomic mass is 32.2. The Kier molecular flexibility index (Phi) is 4.29. The van der Waals surface area contributed by atoms with Crippen LogP contribution in [0.1, 0.15) is 29.6 Å². The van der Waals surface area contributed by atoms with E-state index < -0.39 is 21.7 Å². The van der Waals surface area contributed by atoms with Gasteiger partial charge < -0.3 is 10.0 Å². The number of halogens is 1. The van der Waals surface area contributed by atoms with Gasteiger partial charge in [-0.1, -0.05) is 0 Å². The van der Waals surface area contributed by atoms with Gasteiger partial charge in [0.2, 0.25) is 10.0 Å². The molecular formula is C15H19FN2O4S. The van der Waals surface area contributed by atoms with Gasteiger partial charge in [0.1, 0.15) is 11.6 Å². The number of rotatable bonds is 2. The van der Waals surface area contributed by atoms with Crippen LogP contribution in [0.5, 0.6) is 5.75 Å². The third kappa shape index (κ3) is 3.18. The number of hydrogen-bond acceptors (Lipinski definition) is 4. The molecule has 0 aliphatic carbocycles. The van der Waals surface area contributed by atoms with E-state index >= 15 is 0 Å². The molecule has 1 aromatic rings. The van der Waals surface area contributed by atoms with E-state index in [1.54, 1.807) is 0 Å². The van der Waals surface area contributed by atoms with E-state index in [1.165, 1.54) is 9.21 Å². The molecular weight excluding hydrogens is 323 g/mol. The number of likely N-dealkylation sites (tertiary alicyclic amines) is 1. The van der Waals surface area contributed by atoms with Crippen molar-refractivity contribution >= 4 is 15.9 Å². The molecule has 0 radical (unpaired) electrons. The van der Waals surface area contributed by atoms with Crippen molar-refractivity contribution in [3.63, 3.8) is 0 Å². The molecule has 2 fully saturated rings. The van der Waals surface area contributed by atoms with Crippen LogP contribution in [0.25, 0.3) is 0 Å². The SMILES string of the molecule is O=C(c1cc(F)ccc1O)N1CCC[C@@H](N2CCCS2(=O)=O)C1. The number of hydrogen-bond donors (Lipinski definition) is 1. The molecule has 1 aromatic carbocycles. The largest absolute Gasteiger partial charge is 0.507 e. The molecule has 0 spiro atoms. The predicted octanol–water partition coefficient (Wildman–Crippen LogP) is 1.17. The molecule has 0 saturated carbocycles. The smallest absolute Gasteiger partial charge is 0.257 e. The first-order valence-electron chi connectivity index (χ1n) is 7.66. The number of benzene rings is 1. The van der Waals surface area contributed by atoms with Crippen molar-refractivity contribution in [1.29, 1.82) is 0 Å². The normalized spacial score (nSPS) is 24.7. The van der Waals surface area contributed by atoms with Gasteiger partial charge in [0.15, 0.2) is 0 Å². The first-order valence-corrected chi connectivity index (χ1v) is 9.27. The molecule has 0 aromatic heterocycles. The maximum absolute atomic E-state index is 13.3. The second kappa shape index (κ2) is 6.09. The zero-order chi connectivity index (χ0) is 16.6. The number of piperidine rings is 1. The number of amides is 1. The Balaban J connectivity index is 1.78. The highest BCUT2D eigenvalue weighted by Gasteiger charge is 2.37. The topological polar surface area (TPSA) is 77.9 Å². The highest BCUT2D eigenvalue weighted by Crippen LogP contribution is 2.26. The van der Waals surface area contributed by atoms with Crippen LogP contribution in [-0.4, -0.2) is 60.1 Å². The molecule has 2 aliphatic rings. The minimum absolute atomic E-state index is 0.0880. The summed E-state index contributed by atoms with van der Waals surface area (Å²) in [5, 5.41) is 9.78. The lowest BCUT2D eigenvalue weighted by atomic mass is 10.0. The molecule has 3 rings (SSSR count). The fourth-order valence-electron chi connectivity index (χ4n) is 3.29. The van der Waals surface area contributed by atoms with E-state index in [2.05, 4.69) is 0 Å². The standard InChI is InChI=1S/C15H19FN2O4S/c16-11-4-5-14(19)13(9-11)15(20)17-6-1-3-12(10-17)18-7-2-8-23(18,21)22/h4-5,9,12,19H,1-3,6-8,10H2/t12-/m1/s1. The monoisotopic (exact) mass is 342 g/mol. The number of nitrogens with zero attached hydrogens (tertiary/aromatic N) is 2. The quantitative estimate of drug-likeness (QED) is 0.875. The number of sulfonamides is 1. The van der Waals surface area contributed by atoms with Crippen LogP contribution in [0, 0.1) is 5.82 Å². The Morgan fingerprint density at radius 3 is 2.74 bits per heavy atom. The lowest BCUT2D eigenvalue weighted by Gasteiger charge is -2.36. The zero-order valence-corrected chi connectivity index (χ0v) is 13.4. The van der Waals surface area contributed by atoms with E-state index in [0.29, 0.717) is 32.4 Å². The van der Waals surface area contributed by atoms with Crippen molar-refractivity contribution in [3.8, 4) is 5.75 Å². The number of phenolic OH excluding ortho intramolecular Hbond substituents is 1. The minimum atomic E-state index is -3.23.